The second-order valence-corrected chi connectivity index (χ2v) is 8.12. The summed E-state index contributed by atoms with van der Waals surface area (Å²) in [6, 6.07) is 8.42. The highest BCUT2D eigenvalue weighted by Crippen LogP contribution is 2.18. The Balaban J connectivity index is 1.62. The van der Waals surface area contributed by atoms with Crippen molar-refractivity contribution in [3.05, 3.63) is 29.8 Å². The van der Waals surface area contributed by atoms with E-state index in [2.05, 4.69) is 48.5 Å². The summed E-state index contributed by atoms with van der Waals surface area (Å²) in [6.45, 7) is 11.4. The minimum Gasteiger partial charge on any atom is -0.493 e. The topological polar surface area (TPSA) is 64.1 Å². The third-order valence-electron chi connectivity index (χ3n) is 4.99. The molecule has 6 heteroatoms. The molecule has 1 saturated heterocycles. The monoisotopic (exact) mass is 405 g/mol. The van der Waals surface area contributed by atoms with Crippen LogP contribution < -0.4 is 15.4 Å². The molecule has 0 amide bonds. The summed E-state index contributed by atoms with van der Waals surface area (Å²) in [5.41, 5.74) is 1.20. The molecule has 29 heavy (non-hydrogen) atoms. The molecule has 1 unspecified atom stereocenters. The summed E-state index contributed by atoms with van der Waals surface area (Å²) >= 11 is 0. The molecule has 0 spiro atoms. The number of hydrogen-bond donors (Lipinski definition) is 2. The van der Waals surface area contributed by atoms with Crippen molar-refractivity contribution < 1.29 is 14.2 Å². The van der Waals surface area contributed by atoms with Gasteiger partial charge in [0.15, 0.2) is 5.96 Å². The second kappa shape index (κ2) is 13.4. The number of guanidine groups is 1. The van der Waals surface area contributed by atoms with E-state index in [-0.39, 0.29) is 6.04 Å². The van der Waals surface area contributed by atoms with Crippen molar-refractivity contribution >= 4 is 5.96 Å². The molecule has 1 aliphatic heterocycles. The van der Waals surface area contributed by atoms with E-state index in [1.54, 1.807) is 7.05 Å². The molecule has 164 valence electrons. The Hall–Kier alpha value is -1.79. The van der Waals surface area contributed by atoms with Crippen molar-refractivity contribution in [3.63, 3.8) is 0 Å². The number of nitrogens with zero attached hydrogens (tertiary/aromatic N) is 1. The van der Waals surface area contributed by atoms with Gasteiger partial charge in [-0.05, 0) is 55.7 Å². The molecule has 2 N–H and O–H groups in total. The molecule has 1 aromatic rings. The van der Waals surface area contributed by atoms with Crippen molar-refractivity contribution in [3.8, 4) is 5.75 Å². The van der Waals surface area contributed by atoms with Gasteiger partial charge in [0.1, 0.15) is 5.75 Å². The van der Waals surface area contributed by atoms with E-state index < -0.39 is 0 Å². The molecule has 1 heterocycles. The standard InChI is InChI=1S/C23H39N3O3/c1-18(2)16-29-22-8-6-21(7-9-22)19(3)26-23(24-4)25-12-5-13-28-17-20-10-14-27-15-11-20/h6-9,18-20H,5,10-17H2,1-4H3,(H2,24,25,26). The van der Waals surface area contributed by atoms with Gasteiger partial charge in [0.25, 0.3) is 0 Å². The molecule has 0 bridgehead atoms. The number of rotatable bonds is 11. The van der Waals surface area contributed by atoms with Crippen LogP contribution in [0.25, 0.3) is 0 Å². The average molecular weight is 406 g/mol. The fourth-order valence-electron chi connectivity index (χ4n) is 3.14. The first kappa shape index (κ1) is 23.5. The maximum atomic E-state index is 5.82. The van der Waals surface area contributed by atoms with E-state index in [9.17, 15) is 0 Å². The molecule has 0 radical (unpaired) electrons. The van der Waals surface area contributed by atoms with Crippen molar-refractivity contribution in [1.82, 2.24) is 10.6 Å². The third-order valence-corrected chi connectivity index (χ3v) is 4.99. The minimum atomic E-state index is 0.158. The largest absolute Gasteiger partial charge is 0.493 e. The minimum absolute atomic E-state index is 0.158. The molecule has 0 aromatic heterocycles. The molecule has 0 aliphatic carbocycles. The maximum Gasteiger partial charge on any atom is 0.191 e. The van der Waals surface area contributed by atoms with Crippen LogP contribution in [0, 0.1) is 11.8 Å². The Kier molecular flexibility index (Phi) is 10.9. The van der Waals surface area contributed by atoms with Crippen LogP contribution in [0.2, 0.25) is 0 Å². The van der Waals surface area contributed by atoms with Crippen LogP contribution in [0.4, 0.5) is 0 Å². The first-order valence-corrected chi connectivity index (χ1v) is 10.9. The second-order valence-electron chi connectivity index (χ2n) is 8.12. The van der Waals surface area contributed by atoms with Crippen LogP contribution in [-0.2, 0) is 9.47 Å². The van der Waals surface area contributed by atoms with E-state index in [0.717, 1.165) is 70.6 Å². The summed E-state index contributed by atoms with van der Waals surface area (Å²) in [5.74, 6) is 2.91. The third kappa shape index (κ3) is 9.50. The zero-order chi connectivity index (χ0) is 20.9. The summed E-state index contributed by atoms with van der Waals surface area (Å²) in [7, 11) is 1.80. The van der Waals surface area contributed by atoms with Crippen LogP contribution in [0.15, 0.2) is 29.3 Å². The van der Waals surface area contributed by atoms with Crippen molar-refractivity contribution in [2.45, 2.75) is 46.1 Å². The molecule has 2 rings (SSSR count). The lowest BCUT2D eigenvalue weighted by atomic mass is 10.0. The van der Waals surface area contributed by atoms with Gasteiger partial charge < -0.3 is 24.8 Å². The molecular formula is C23H39N3O3. The predicted octanol–water partition coefficient (Wildman–Crippen LogP) is 3.78. The molecule has 1 aromatic carbocycles. The number of nitrogens with one attached hydrogen (secondary N) is 2. The van der Waals surface area contributed by atoms with Crippen LogP contribution in [0.1, 0.15) is 51.6 Å². The summed E-state index contributed by atoms with van der Waals surface area (Å²) in [6.07, 6.45) is 3.20. The van der Waals surface area contributed by atoms with Crippen LogP contribution in [-0.4, -0.2) is 52.6 Å². The maximum absolute atomic E-state index is 5.82. The van der Waals surface area contributed by atoms with Gasteiger partial charge in [-0.1, -0.05) is 26.0 Å². The first-order valence-electron chi connectivity index (χ1n) is 10.9. The molecule has 6 nitrogen and oxygen atoms in total. The lowest BCUT2D eigenvalue weighted by Crippen LogP contribution is -2.39. The van der Waals surface area contributed by atoms with E-state index in [4.69, 9.17) is 14.2 Å². The zero-order valence-corrected chi connectivity index (χ0v) is 18.6. The Labute approximate surface area is 176 Å². The fourth-order valence-corrected chi connectivity index (χ4v) is 3.14. The van der Waals surface area contributed by atoms with Crippen LogP contribution >= 0.6 is 0 Å². The highest BCUT2D eigenvalue weighted by Gasteiger charge is 2.13. The normalized spacial score (nSPS) is 16.7. The summed E-state index contributed by atoms with van der Waals surface area (Å²) < 4.78 is 17.0. The fraction of sp³-hybridized carbons (Fsp3) is 0.696. The molecular weight excluding hydrogens is 366 g/mol. The summed E-state index contributed by atoms with van der Waals surface area (Å²) in [4.78, 5) is 4.33. The van der Waals surface area contributed by atoms with Gasteiger partial charge in [-0.3, -0.25) is 4.99 Å². The molecule has 1 aliphatic rings. The van der Waals surface area contributed by atoms with E-state index >= 15 is 0 Å². The Morgan fingerprint density at radius 2 is 1.90 bits per heavy atom. The van der Waals surface area contributed by atoms with E-state index in [1.807, 2.05) is 12.1 Å². The van der Waals surface area contributed by atoms with Gasteiger partial charge in [-0.2, -0.15) is 0 Å². The van der Waals surface area contributed by atoms with Crippen molar-refractivity contribution in [2.24, 2.45) is 16.8 Å². The van der Waals surface area contributed by atoms with Crippen LogP contribution in [0.3, 0.4) is 0 Å². The highest BCUT2D eigenvalue weighted by atomic mass is 16.5. The number of hydrogen-bond acceptors (Lipinski definition) is 4. The number of ether oxygens (including phenoxy) is 3. The zero-order valence-electron chi connectivity index (χ0n) is 18.6. The van der Waals surface area contributed by atoms with Crippen molar-refractivity contribution in [1.29, 1.82) is 0 Å². The first-order chi connectivity index (χ1) is 14.1. The summed E-state index contributed by atoms with van der Waals surface area (Å²) in [5, 5.41) is 6.81. The van der Waals surface area contributed by atoms with Gasteiger partial charge in [-0.25, -0.2) is 0 Å². The van der Waals surface area contributed by atoms with Gasteiger partial charge in [0.2, 0.25) is 0 Å². The van der Waals surface area contributed by atoms with Gasteiger partial charge in [0, 0.05) is 40.0 Å². The number of aliphatic imine (C=N–C) groups is 1. The Morgan fingerprint density at radius 1 is 1.17 bits per heavy atom. The molecule has 1 atom stereocenters. The number of benzene rings is 1. The lowest BCUT2D eigenvalue weighted by Gasteiger charge is -2.22. The molecule has 0 saturated carbocycles. The smallest absolute Gasteiger partial charge is 0.191 e. The van der Waals surface area contributed by atoms with E-state index in [1.165, 1.54) is 5.56 Å². The molecule has 1 fully saturated rings. The average Bonchev–Trinajstić information content (AvgIpc) is 2.74. The van der Waals surface area contributed by atoms with E-state index in [0.29, 0.717) is 11.8 Å². The van der Waals surface area contributed by atoms with Gasteiger partial charge in [-0.15, -0.1) is 0 Å². The van der Waals surface area contributed by atoms with Crippen molar-refractivity contribution in [2.75, 3.05) is 46.6 Å². The Morgan fingerprint density at radius 3 is 2.55 bits per heavy atom. The van der Waals surface area contributed by atoms with Gasteiger partial charge in [0.05, 0.1) is 12.6 Å². The lowest BCUT2D eigenvalue weighted by molar-refractivity contribution is 0.0203. The predicted molar refractivity (Wildman–Crippen MR) is 119 cm³/mol. The highest BCUT2D eigenvalue weighted by molar-refractivity contribution is 5.80. The quantitative estimate of drug-likeness (QED) is 0.333. The Bertz CT molecular complexity index is 584. The van der Waals surface area contributed by atoms with Gasteiger partial charge >= 0.3 is 0 Å². The van der Waals surface area contributed by atoms with Crippen LogP contribution in [0.5, 0.6) is 5.75 Å². The SMILES string of the molecule is CN=C(NCCCOCC1CCOCC1)NC(C)c1ccc(OCC(C)C)cc1.